The molecule has 1 aliphatic heterocycles. The summed E-state index contributed by atoms with van der Waals surface area (Å²) in [6.45, 7) is 0.598. The monoisotopic (exact) mass is 312 g/mol. The van der Waals surface area contributed by atoms with Gasteiger partial charge in [-0.3, -0.25) is 4.57 Å². The van der Waals surface area contributed by atoms with Crippen molar-refractivity contribution in [2.24, 2.45) is 0 Å². The van der Waals surface area contributed by atoms with Gasteiger partial charge >= 0.3 is 7.60 Å². The van der Waals surface area contributed by atoms with Crippen LogP contribution in [0.15, 0.2) is 0 Å². The molecule has 0 bridgehead atoms. The zero-order chi connectivity index (χ0) is 15.3. The Bertz CT molecular complexity index is 342. The molecule has 0 amide bonds. The number of ether oxygens (including phenoxy) is 4. The second-order valence-electron chi connectivity index (χ2n) is 4.43. The SMILES string of the molecule is [B][C@@H]1O[C@H](CC(F)P(=O)(O)O)[C@@H](OC)[C@H]1OCCOC. The van der Waals surface area contributed by atoms with Crippen LogP contribution in [0.3, 0.4) is 0 Å². The zero-order valence-electron chi connectivity index (χ0n) is 11.3. The van der Waals surface area contributed by atoms with Crippen LogP contribution in [0.25, 0.3) is 0 Å². The molecule has 20 heavy (non-hydrogen) atoms. The van der Waals surface area contributed by atoms with Gasteiger partial charge in [0.25, 0.3) is 0 Å². The fourth-order valence-corrected chi connectivity index (χ4v) is 2.50. The minimum atomic E-state index is -4.82. The lowest BCUT2D eigenvalue weighted by Gasteiger charge is -2.23. The third kappa shape index (κ3) is 4.77. The topological polar surface area (TPSA) is 94.5 Å². The quantitative estimate of drug-likeness (QED) is 0.364. The molecule has 0 saturated carbocycles. The molecule has 1 heterocycles. The Labute approximate surface area is 118 Å². The molecule has 0 aliphatic carbocycles. The highest BCUT2D eigenvalue weighted by atomic mass is 31.2. The fourth-order valence-electron chi connectivity index (χ4n) is 2.02. The molecule has 10 heteroatoms. The number of methoxy groups -OCH3 is 2. The van der Waals surface area contributed by atoms with E-state index in [9.17, 15) is 8.96 Å². The molecular formula is C10H19BFO7P. The zero-order valence-corrected chi connectivity index (χ0v) is 12.2. The maximum Gasteiger partial charge on any atom is 0.359 e. The Morgan fingerprint density at radius 1 is 1.35 bits per heavy atom. The largest absolute Gasteiger partial charge is 0.382 e. The third-order valence-electron chi connectivity index (χ3n) is 3.01. The molecule has 1 saturated heterocycles. The van der Waals surface area contributed by atoms with E-state index in [1.165, 1.54) is 14.2 Å². The van der Waals surface area contributed by atoms with Gasteiger partial charge in [-0.05, 0) is 0 Å². The molecule has 7 nitrogen and oxygen atoms in total. The third-order valence-corrected chi connectivity index (χ3v) is 3.95. The van der Waals surface area contributed by atoms with Crippen molar-refractivity contribution in [3.63, 3.8) is 0 Å². The molecule has 2 radical (unpaired) electrons. The summed E-state index contributed by atoms with van der Waals surface area (Å²) < 4.78 is 45.0. The number of rotatable bonds is 8. The van der Waals surface area contributed by atoms with E-state index in [0.29, 0.717) is 6.61 Å². The van der Waals surface area contributed by atoms with Crippen LogP contribution in [0.4, 0.5) is 4.39 Å². The maximum absolute atomic E-state index is 13.4. The maximum atomic E-state index is 13.4. The Morgan fingerprint density at radius 3 is 2.50 bits per heavy atom. The molecule has 1 rings (SSSR count). The molecule has 0 spiro atoms. The van der Waals surface area contributed by atoms with E-state index in [4.69, 9.17) is 36.6 Å². The van der Waals surface area contributed by atoms with E-state index in [-0.39, 0.29) is 6.61 Å². The first-order chi connectivity index (χ1) is 9.31. The molecule has 1 unspecified atom stereocenters. The van der Waals surface area contributed by atoms with E-state index < -0.39 is 44.2 Å². The van der Waals surface area contributed by atoms with Crippen molar-refractivity contribution >= 4 is 15.4 Å². The van der Waals surface area contributed by atoms with Gasteiger partial charge in [0.1, 0.15) is 20.1 Å². The van der Waals surface area contributed by atoms with Gasteiger partial charge in [-0.15, -0.1) is 0 Å². The summed E-state index contributed by atoms with van der Waals surface area (Å²) in [7, 11) is 3.79. The predicted octanol–water partition coefficient (Wildman–Crippen LogP) is -0.210. The summed E-state index contributed by atoms with van der Waals surface area (Å²) in [5.74, 6) is -2.32. The van der Waals surface area contributed by atoms with Crippen LogP contribution in [0.2, 0.25) is 0 Å². The van der Waals surface area contributed by atoms with Crippen molar-refractivity contribution in [2.75, 3.05) is 27.4 Å². The lowest BCUT2D eigenvalue weighted by molar-refractivity contribution is -0.0561. The lowest BCUT2D eigenvalue weighted by atomic mass is 9.92. The summed E-state index contributed by atoms with van der Waals surface area (Å²) in [6.07, 6.45) is -2.75. The Morgan fingerprint density at radius 2 is 2.00 bits per heavy atom. The van der Waals surface area contributed by atoms with Crippen LogP contribution in [-0.4, -0.2) is 75.3 Å². The highest BCUT2D eigenvalue weighted by Crippen LogP contribution is 2.45. The summed E-state index contributed by atoms with van der Waals surface area (Å²) in [5, 5.41) is 0. The first-order valence-corrected chi connectivity index (χ1v) is 7.73. The molecule has 1 fully saturated rings. The first-order valence-electron chi connectivity index (χ1n) is 6.05. The van der Waals surface area contributed by atoms with Gasteiger partial charge in [-0.1, -0.05) is 0 Å². The summed E-state index contributed by atoms with van der Waals surface area (Å²) >= 11 is 0. The number of alkyl halides is 1. The molecule has 5 atom stereocenters. The van der Waals surface area contributed by atoms with Crippen LogP contribution in [-0.2, 0) is 23.5 Å². The molecule has 116 valence electrons. The fraction of sp³-hybridized carbons (Fsp3) is 1.00. The minimum absolute atomic E-state index is 0.252. The van der Waals surface area contributed by atoms with Crippen LogP contribution in [0.1, 0.15) is 6.42 Å². The van der Waals surface area contributed by atoms with Gasteiger partial charge in [-0.2, -0.15) is 0 Å². The van der Waals surface area contributed by atoms with Crippen molar-refractivity contribution in [1.29, 1.82) is 0 Å². The summed E-state index contributed by atoms with van der Waals surface area (Å²) in [6, 6.07) is -0.856. The minimum Gasteiger partial charge on any atom is -0.382 e. The Hall–Kier alpha value is -0.0151. The van der Waals surface area contributed by atoms with Crippen molar-refractivity contribution in [2.45, 2.75) is 36.6 Å². The van der Waals surface area contributed by atoms with Crippen molar-refractivity contribution in [3.8, 4) is 0 Å². The molecule has 0 aromatic rings. The van der Waals surface area contributed by atoms with E-state index >= 15 is 0 Å². The molecule has 1 aliphatic rings. The Balaban J connectivity index is 2.63. The second kappa shape index (κ2) is 7.84. The highest BCUT2D eigenvalue weighted by Gasteiger charge is 2.46. The molecule has 0 aromatic carbocycles. The Kier molecular flexibility index (Phi) is 7.07. The van der Waals surface area contributed by atoms with Crippen molar-refractivity contribution < 1.29 is 37.7 Å². The van der Waals surface area contributed by atoms with Crippen LogP contribution >= 0.6 is 7.60 Å². The van der Waals surface area contributed by atoms with Gasteiger partial charge in [-0.25, -0.2) is 4.39 Å². The van der Waals surface area contributed by atoms with Crippen LogP contribution in [0, 0.1) is 0 Å². The van der Waals surface area contributed by atoms with E-state index in [2.05, 4.69) is 0 Å². The average Bonchev–Trinajstić information content (AvgIpc) is 2.64. The van der Waals surface area contributed by atoms with Gasteiger partial charge in [0.2, 0.25) is 5.91 Å². The highest BCUT2D eigenvalue weighted by molar-refractivity contribution is 7.52. The number of hydrogen-bond acceptors (Lipinski definition) is 5. The van der Waals surface area contributed by atoms with E-state index in [1.807, 2.05) is 0 Å². The van der Waals surface area contributed by atoms with E-state index in [0.717, 1.165) is 0 Å². The second-order valence-corrected chi connectivity index (χ2v) is 6.17. The predicted molar refractivity (Wildman–Crippen MR) is 68.4 cm³/mol. The molecule has 2 N–H and O–H groups in total. The number of halogens is 1. The van der Waals surface area contributed by atoms with Crippen molar-refractivity contribution in [3.05, 3.63) is 0 Å². The van der Waals surface area contributed by atoms with Gasteiger partial charge in [0.15, 0.2) is 0 Å². The van der Waals surface area contributed by atoms with Gasteiger partial charge < -0.3 is 28.7 Å². The lowest BCUT2D eigenvalue weighted by Crippen LogP contribution is -2.38. The van der Waals surface area contributed by atoms with Crippen LogP contribution in [0.5, 0.6) is 0 Å². The summed E-state index contributed by atoms with van der Waals surface area (Å²) in [4.78, 5) is 17.5. The molecule has 0 aromatic heterocycles. The standard InChI is InChI=1S/C10H19BFO7P/c1-16-3-4-18-9-8(17-2)6(19-10(9)11)5-7(12)20(13,14)15/h6-10H,3-5H2,1-2H3,(H2,13,14,15)/t6-,7?,8-,9-,10-/m1/s1. The number of hydrogen-bond donors (Lipinski definition) is 2. The van der Waals surface area contributed by atoms with Gasteiger partial charge in [0, 0.05) is 26.6 Å². The summed E-state index contributed by atoms with van der Waals surface area (Å²) in [5.41, 5.74) is 0. The average molecular weight is 312 g/mol. The normalized spacial score (nSPS) is 32.5. The van der Waals surface area contributed by atoms with Crippen molar-refractivity contribution in [1.82, 2.24) is 0 Å². The first kappa shape index (κ1) is 18.0. The smallest absolute Gasteiger partial charge is 0.359 e. The van der Waals surface area contributed by atoms with Crippen LogP contribution < -0.4 is 0 Å². The van der Waals surface area contributed by atoms with Gasteiger partial charge in [0.05, 0.1) is 19.3 Å². The molecular weight excluding hydrogens is 293 g/mol. The van der Waals surface area contributed by atoms with E-state index in [1.54, 1.807) is 0 Å².